The van der Waals surface area contributed by atoms with Crippen LogP contribution in [0.5, 0.6) is 0 Å². The summed E-state index contributed by atoms with van der Waals surface area (Å²) < 4.78 is 0. The highest BCUT2D eigenvalue weighted by Gasteiger charge is 2.32. The second-order valence-electron chi connectivity index (χ2n) is 5.08. The van der Waals surface area contributed by atoms with E-state index in [0.717, 1.165) is 23.7 Å². The molecular formula is C13H26. The normalized spacial score (nSPS) is 35.3. The molecule has 78 valence electrons. The fourth-order valence-electron chi connectivity index (χ4n) is 3.36. The highest BCUT2D eigenvalue weighted by Crippen LogP contribution is 2.41. The maximum absolute atomic E-state index is 2.41. The molecule has 0 saturated heterocycles. The van der Waals surface area contributed by atoms with Gasteiger partial charge in [0.25, 0.3) is 0 Å². The number of rotatable bonds is 3. The standard InChI is InChI=1S/C13H26/c1-5-11-8-7-9-13(10(3)4)12(11)6-2/h10-13H,5-9H2,1-4H3. The quantitative estimate of drug-likeness (QED) is 0.603. The van der Waals surface area contributed by atoms with E-state index in [4.69, 9.17) is 0 Å². The molecule has 1 fully saturated rings. The molecule has 0 aliphatic heterocycles. The lowest BCUT2D eigenvalue weighted by Crippen LogP contribution is -2.30. The van der Waals surface area contributed by atoms with Crippen LogP contribution >= 0.6 is 0 Å². The first kappa shape index (κ1) is 11.1. The van der Waals surface area contributed by atoms with Gasteiger partial charge in [-0.25, -0.2) is 0 Å². The first-order chi connectivity index (χ1) is 6.20. The van der Waals surface area contributed by atoms with Gasteiger partial charge in [0, 0.05) is 0 Å². The van der Waals surface area contributed by atoms with Crippen molar-refractivity contribution < 1.29 is 0 Å². The van der Waals surface area contributed by atoms with Crippen LogP contribution in [0, 0.1) is 23.7 Å². The second kappa shape index (κ2) is 5.02. The summed E-state index contributed by atoms with van der Waals surface area (Å²) in [5.41, 5.74) is 0. The van der Waals surface area contributed by atoms with Gasteiger partial charge in [-0.1, -0.05) is 53.4 Å². The average molecular weight is 182 g/mol. The lowest BCUT2D eigenvalue weighted by molar-refractivity contribution is 0.106. The Morgan fingerprint density at radius 1 is 1.08 bits per heavy atom. The molecule has 13 heavy (non-hydrogen) atoms. The van der Waals surface area contributed by atoms with Gasteiger partial charge >= 0.3 is 0 Å². The molecule has 1 aliphatic rings. The van der Waals surface area contributed by atoms with Crippen molar-refractivity contribution in [2.75, 3.05) is 0 Å². The van der Waals surface area contributed by atoms with E-state index in [9.17, 15) is 0 Å². The third kappa shape index (κ3) is 2.48. The van der Waals surface area contributed by atoms with Crippen LogP contribution in [-0.4, -0.2) is 0 Å². The molecule has 3 atom stereocenters. The molecule has 1 aliphatic carbocycles. The molecule has 0 N–H and O–H groups in total. The van der Waals surface area contributed by atoms with Gasteiger partial charge in [-0.05, 0) is 30.1 Å². The Balaban J connectivity index is 2.61. The second-order valence-corrected chi connectivity index (χ2v) is 5.08. The highest BCUT2D eigenvalue weighted by atomic mass is 14.4. The minimum Gasteiger partial charge on any atom is -0.0651 e. The molecule has 0 radical (unpaired) electrons. The van der Waals surface area contributed by atoms with Crippen molar-refractivity contribution in [3.63, 3.8) is 0 Å². The van der Waals surface area contributed by atoms with Gasteiger partial charge < -0.3 is 0 Å². The van der Waals surface area contributed by atoms with Crippen LogP contribution in [0.1, 0.15) is 59.8 Å². The molecule has 0 aromatic heterocycles. The average Bonchev–Trinajstić information content (AvgIpc) is 2.16. The lowest BCUT2D eigenvalue weighted by Gasteiger charge is -2.39. The van der Waals surface area contributed by atoms with Crippen LogP contribution in [-0.2, 0) is 0 Å². The Labute approximate surface area is 84.1 Å². The minimum absolute atomic E-state index is 0.902. The van der Waals surface area contributed by atoms with Crippen molar-refractivity contribution in [3.05, 3.63) is 0 Å². The predicted octanol–water partition coefficient (Wildman–Crippen LogP) is 4.49. The van der Waals surface area contributed by atoms with Gasteiger partial charge in [0.15, 0.2) is 0 Å². The van der Waals surface area contributed by atoms with Crippen LogP contribution in [0.15, 0.2) is 0 Å². The van der Waals surface area contributed by atoms with E-state index in [1.807, 2.05) is 0 Å². The summed E-state index contributed by atoms with van der Waals surface area (Å²) in [6, 6.07) is 0. The summed E-state index contributed by atoms with van der Waals surface area (Å²) in [4.78, 5) is 0. The fourth-order valence-corrected chi connectivity index (χ4v) is 3.36. The molecule has 1 saturated carbocycles. The van der Waals surface area contributed by atoms with E-state index in [2.05, 4.69) is 27.7 Å². The molecule has 0 nitrogen and oxygen atoms in total. The van der Waals surface area contributed by atoms with E-state index >= 15 is 0 Å². The van der Waals surface area contributed by atoms with Gasteiger partial charge in [0.1, 0.15) is 0 Å². The molecule has 0 heteroatoms. The zero-order valence-corrected chi connectivity index (χ0v) is 9.84. The molecule has 1 rings (SSSR count). The topological polar surface area (TPSA) is 0 Å². The Morgan fingerprint density at radius 3 is 2.23 bits per heavy atom. The molecule has 0 aromatic carbocycles. The van der Waals surface area contributed by atoms with Crippen LogP contribution in [0.3, 0.4) is 0 Å². The molecule has 0 bridgehead atoms. The van der Waals surface area contributed by atoms with Gasteiger partial charge in [0.2, 0.25) is 0 Å². The van der Waals surface area contributed by atoms with Gasteiger partial charge in [-0.2, -0.15) is 0 Å². The van der Waals surface area contributed by atoms with Crippen molar-refractivity contribution in [1.82, 2.24) is 0 Å². The highest BCUT2D eigenvalue weighted by molar-refractivity contribution is 4.82. The van der Waals surface area contributed by atoms with Crippen molar-refractivity contribution in [2.45, 2.75) is 59.8 Å². The third-order valence-corrected chi connectivity index (χ3v) is 4.12. The first-order valence-electron chi connectivity index (χ1n) is 6.20. The summed E-state index contributed by atoms with van der Waals surface area (Å²) in [7, 11) is 0. The number of hydrogen-bond acceptors (Lipinski definition) is 0. The van der Waals surface area contributed by atoms with Gasteiger partial charge in [-0.3, -0.25) is 0 Å². The fraction of sp³-hybridized carbons (Fsp3) is 1.00. The molecule has 0 spiro atoms. The molecule has 0 amide bonds. The van der Waals surface area contributed by atoms with Crippen LogP contribution < -0.4 is 0 Å². The SMILES string of the molecule is CCC1CCCC(C(C)C)C1CC. The molecule has 0 heterocycles. The van der Waals surface area contributed by atoms with Crippen LogP contribution in [0.4, 0.5) is 0 Å². The zero-order valence-electron chi connectivity index (χ0n) is 9.84. The summed E-state index contributed by atoms with van der Waals surface area (Å²) in [5.74, 6) is 3.98. The smallest absolute Gasteiger partial charge is 0.0358 e. The molecule has 3 unspecified atom stereocenters. The summed E-state index contributed by atoms with van der Waals surface area (Å²) in [6.07, 6.45) is 7.28. The van der Waals surface area contributed by atoms with Crippen molar-refractivity contribution in [1.29, 1.82) is 0 Å². The summed E-state index contributed by atoms with van der Waals surface area (Å²) in [6.45, 7) is 9.57. The lowest BCUT2D eigenvalue weighted by atomic mass is 9.66. The Morgan fingerprint density at radius 2 is 1.77 bits per heavy atom. The maximum Gasteiger partial charge on any atom is -0.0358 e. The first-order valence-corrected chi connectivity index (χ1v) is 6.20. The van der Waals surface area contributed by atoms with E-state index < -0.39 is 0 Å². The van der Waals surface area contributed by atoms with Crippen LogP contribution in [0.25, 0.3) is 0 Å². The van der Waals surface area contributed by atoms with Gasteiger partial charge in [0.05, 0.1) is 0 Å². The molecule has 0 aromatic rings. The minimum atomic E-state index is 0.902. The van der Waals surface area contributed by atoms with Crippen molar-refractivity contribution >= 4 is 0 Å². The Hall–Kier alpha value is 0. The van der Waals surface area contributed by atoms with Gasteiger partial charge in [-0.15, -0.1) is 0 Å². The Bertz CT molecular complexity index is 137. The largest absolute Gasteiger partial charge is 0.0651 e. The predicted molar refractivity (Wildman–Crippen MR) is 59.7 cm³/mol. The Kier molecular flexibility index (Phi) is 4.28. The molecular weight excluding hydrogens is 156 g/mol. The number of hydrogen-bond donors (Lipinski definition) is 0. The van der Waals surface area contributed by atoms with E-state index in [1.165, 1.54) is 32.1 Å². The monoisotopic (exact) mass is 182 g/mol. The van der Waals surface area contributed by atoms with Crippen molar-refractivity contribution in [2.24, 2.45) is 23.7 Å². The van der Waals surface area contributed by atoms with E-state index in [0.29, 0.717) is 0 Å². The summed E-state index contributed by atoms with van der Waals surface area (Å²) in [5, 5.41) is 0. The summed E-state index contributed by atoms with van der Waals surface area (Å²) >= 11 is 0. The van der Waals surface area contributed by atoms with E-state index in [-0.39, 0.29) is 0 Å². The van der Waals surface area contributed by atoms with E-state index in [1.54, 1.807) is 0 Å². The third-order valence-electron chi connectivity index (χ3n) is 4.12. The maximum atomic E-state index is 2.41. The zero-order chi connectivity index (χ0) is 9.84. The van der Waals surface area contributed by atoms with Crippen molar-refractivity contribution in [3.8, 4) is 0 Å². The van der Waals surface area contributed by atoms with Crippen LogP contribution in [0.2, 0.25) is 0 Å².